The zero-order valence-electron chi connectivity index (χ0n) is 12.5. The van der Waals surface area contributed by atoms with E-state index in [1.54, 1.807) is 0 Å². The van der Waals surface area contributed by atoms with Crippen molar-refractivity contribution in [2.75, 3.05) is 26.2 Å². The summed E-state index contributed by atoms with van der Waals surface area (Å²) in [5.74, 6) is 0.233. The lowest BCUT2D eigenvalue weighted by Gasteiger charge is -2.33. The Hall–Kier alpha value is -0.810. The van der Waals surface area contributed by atoms with Gasteiger partial charge in [-0.15, -0.1) is 12.4 Å². The molecule has 0 spiro atoms. The number of nitrogens with zero attached hydrogens (tertiary/aromatic N) is 1. The van der Waals surface area contributed by atoms with Gasteiger partial charge in [0.2, 0.25) is 5.91 Å². The van der Waals surface area contributed by atoms with Crippen LogP contribution in [0.1, 0.15) is 30.9 Å². The maximum Gasteiger partial charge on any atom is 0.224 e. The second-order valence-corrected chi connectivity index (χ2v) is 6.18. The van der Waals surface area contributed by atoms with E-state index in [1.807, 2.05) is 29.2 Å². The first kappa shape index (κ1) is 17.5. The molecule has 122 valence electrons. The number of hydrogen-bond donors (Lipinski definition) is 1. The van der Waals surface area contributed by atoms with E-state index in [2.05, 4.69) is 5.32 Å². The van der Waals surface area contributed by atoms with Crippen LogP contribution in [0.2, 0.25) is 5.02 Å². The van der Waals surface area contributed by atoms with Crippen molar-refractivity contribution in [3.8, 4) is 0 Å². The number of amides is 1. The van der Waals surface area contributed by atoms with E-state index in [0.29, 0.717) is 32.2 Å². The first-order chi connectivity index (χ1) is 10.2. The number of ether oxygens (including phenoxy) is 1. The van der Waals surface area contributed by atoms with Gasteiger partial charge in [-0.1, -0.05) is 23.7 Å². The molecule has 1 aromatic carbocycles. The molecule has 1 N–H and O–H groups in total. The Bertz CT molecular complexity index is 489. The standard InChI is InChI=1S/C16H21ClN2O2.ClH/c17-13-5-3-12(4-6-13)15-11-19(8-9-21-15)16(20)10-14-2-1-7-18-14;/h3-6,14-15,18H,1-2,7-11H2;1H. The molecule has 3 rings (SSSR count). The van der Waals surface area contributed by atoms with Gasteiger partial charge in [-0.05, 0) is 37.1 Å². The highest BCUT2D eigenvalue weighted by atomic mass is 35.5. The predicted molar refractivity (Wildman–Crippen MR) is 89.6 cm³/mol. The summed E-state index contributed by atoms with van der Waals surface area (Å²) in [5.41, 5.74) is 1.08. The molecular weight excluding hydrogens is 323 g/mol. The van der Waals surface area contributed by atoms with Gasteiger partial charge in [0.15, 0.2) is 0 Å². The minimum atomic E-state index is -0.0449. The highest BCUT2D eigenvalue weighted by Crippen LogP contribution is 2.24. The summed E-state index contributed by atoms with van der Waals surface area (Å²) in [5, 5.41) is 4.10. The Labute approximate surface area is 142 Å². The van der Waals surface area contributed by atoms with E-state index in [1.165, 1.54) is 6.42 Å². The minimum Gasteiger partial charge on any atom is -0.370 e. The molecule has 22 heavy (non-hydrogen) atoms. The Morgan fingerprint density at radius 2 is 2.14 bits per heavy atom. The number of nitrogens with one attached hydrogen (secondary N) is 1. The average molecular weight is 345 g/mol. The van der Waals surface area contributed by atoms with Gasteiger partial charge < -0.3 is 15.0 Å². The summed E-state index contributed by atoms with van der Waals surface area (Å²) in [6, 6.07) is 8.03. The Kier molecular flexibility index (Phi) is 6.50. The molecule has 2 fully saturated rings. The van der Waals surface area contributed by atoms with Crippen molar-refractivity contribution >= 4 is 29.9 Å². The molecule has 2 unspecified atom stereocenters. The molecule has 1 aromatic rings. The average Bonchev–Trinajstić information content (AvgIpc) is 3.01. The van der Waals surface area contributed by atoms with Gasteiger partial charge in [-0.25, -0.2) is 0 Å². The van der Waals surface area contributed by atoms with Crippen molar-refractivity contribution in [1.29, 1.82) is 0 Å². The summed E-state index contributed by atoms with van der Waals surface area (Å²) in [4.78, 5) is 14.3. The molecule has 0 bridgehead atoms. The smallest absolute Gasteiger partial charge is 0.224 e. The fourth-order valence-corrected chi connectivity index (χ4v) is 3.15. The summed E-state index contributed by atoms with van der Waals surface area (Å²) in [6.45, 7) is 2.95. The summed E-state index contributed by atoms with van der Waals surface area (Å²) in [7, 11) is 0. The number of rotatable bonds is 3. The predicted octanol–water partition coefficient (Wildman–Crippen LogP) is 2.80. The van der Waals surface area contributed by atoms with Crippen LogP contribution in [0, 0.1) is 0 Å². The van der Waals surface area contributed by atoms with Crippen LogP contribution in [0.3, 0.4) is 0 Å². The van der Waals surface area contributed by atoms with Crippen LogP contribution in [-0.2, 0) is 9.53 Å². The number of benzene rings is 1. The molecule has 2 aliphatic rings. The molecule has 0 aromatic heterocycles. The molecule has 2 saturated heterocycles. The maximum atomic E-state index is 12.4. The van der Waals surface area contributed by atoms with E-state index < -0.39 is 0 Å². The minimum absolute atomic E-state index is 0. The third-order valence-corrected chi connectivity index (χ3v) is 4.50. The fraction of sp³-hybridized carbons (Fsp3) is 0.562. The van der Waals surface area contributed by atoms with Crippen molar-refractivity contribution in [1.82, 2.24) is 10.2 Å². The fourth-order valence-electron chi connectivity index (χ4n) is 3.03. The van der Waals surface area contributed by atoms with Crippen LogP contribution in [0.25, 0.3) is 0 Å². The summed E-state index contributed by atoms with van der Waals surface area (Å²) < 4.78 is 5.80. The SMILES string of the molecule is Cl.O=C(CC1CCCN1)N1CCOC(c2ccc(Cl)cc2)C1. The molecule has 2 heterocycles. The monoisotopic (exact) mass is 344 g/mol. The topological polar surface area (TPSA) is 41.6 Å². The van der Waals surface area contributed by atoms with Gasteiger partial charge in [-0.2, -0.15) is 0 Å². The van der Waals surface area contributed by atoms with E-state index in [-0.39, 0.29) is 24.4 Å². The van der Waals surface area contributed by atoms with Gasteiger partial charge in [0.25, 0.3) is 0 Å². The molecular formula is C16H22Cl2N2O2. The molecule has 0 radical (unpaired) electrons. The second-order valence-electron chi connectivity index (χ2n) is 5.75. The van der Waals surface area contributed by atoms with Crippen LogP contribution in [0.15, 0.2) is 24.3 Å². The van der Waals surface area contributed by atoms with E-state index >= 15 is 0 Å². The highest BCUT2D eigenvalue weighted by molar-refractivity contribution is 6.30. The van der Waals surface area contributed by atoms with Crippen LogP contribution >= 0.6 is 24.0 Å². The van der Waals surface area contributed by atoms with Crippen molar-refractivity contribution in [2.24, 2.45) is 0 Å². The summed E-state index contributed by atoms with van der Waals surface area (Å²) >= 11 is 5.91. The molecule has 2 atom stereocenters. The normalized spacial score (nSPS) is 24.9. The van der Waals surface area contributed by atoms with Crippen LogP contribution in [-0.4, -0.2) is 43.1 Å². The van der Waals surface area contributed by atoms with Gasteiger partial charge >= 0.3 is 0 Å². The molecule has 0 saturated carbocycles. The van der Waals surface area contributed by atoms with Crippen LogP contribution in [0.4, 0.5) is 0 Å². The van der Waals surface area contributed by atoms with Crippen LogP contribution in [0.5, 0.6) is 0 Å². The molecule has 1 amide bonds. The van der Waals surface area contributed by atoms with Crippen molar-refractivity contribution in [3.05, 3.63) is 34.9 Å². The van der Waals surface area contributed by atoms with E-state index in [4.69, 9.17) is 16.3 Å². The largest absolute Gasteiger partial charge is 0.370 e. The second kappa shape index (κ2) is 8.16. The van der Waals surface area contributed by atoms with Crippen molar-refractivity contribution in [3.63, 3.8) is 0 Å². The zero-order chi connectivity index (χ0) is 14.7. The molecule has 2 aliphatic heterocycles. The quantitative estimate of drug-likeness (QED) is 0.916. The zero-order valence-corrected chi connectivity index (χ0v) is 14.0. The Morgan fingerprint density at radius 1 is 1.36 bits per heavy atom. The number of carbonyl (C=O) groups is 1. The van der Waals surface area contributed by atoms with Crippen molar-refractivity contribution in [2.45, 2.75) is 31.4 Å². The lowest BCUT2D eigenvalue weighted by Crippen LogP contribution is -2.44. The van der Waals surface area contributed by atoms with Gasteiger partial charge in [-0.3, -0.25) is 4.79 Å². The number of carbonyl (C=O) groups excluding carboxylic acids is 1. The lowest BCUT2D eigenvalue weighted by atomic mass is 10.1. The van der Waals surface area contributed by atoms with Gasteiger partial charge in [0, 0.05) is 24.0 Å². The first-order valence-electron chi connectivity index (χ1n) is 7.60. The number of morpholine rings is 1. The third-order valence-electron chi connectivity index (χ3n) is 4.24. The lowest BCUT2D eigenvalue weighted by molar-refractivity contribution is -0.139. The molecule has 6 heteroatoms. The number of halogens is 2. The first-order valence-corrected chi connectivity index (χ1v) is 7.98. The highest BCUT2D eigenvalue weighted by Gasteiger charge is 2.27. The van der Waals surface area contributed by atoms with Crippen molar-refractivity contribution < 1.29 is 9.53 Å². The van der Waals surface area contributed by atoms with E-state index in [0.717, 1.165) is 23.6 Å². The molecule has 0 aliphatic carbocycles. The van der Waals surface area contributed by atoms with Crippen LogP contribution < -0.4 is 5.32 Å². The third kappa shape index (κ3) is 4.35. The Morgan fingerprint density at radius 3 is 2.82 bits per heavy atom. The number of hydrogen-bond acceptors (Lipinski definition) is 3. The van der Waals surface area contributed by atoms with Gasteiger partial charge in [0.1, 0.15) is 6.10 Å². The maximum absolute atomic E-state index is 12.4. The molecule has 4 nitrogen and oxygen atoms in total. The van der Waals surface area contributed by atoms with Gasteiger partial charge in [0.05, 0.1) is 13.2 Å². The Balaban J connectivity index is 0.00000176. The van der Waals surface area contributed by atoms with E-state index in [9.17, 15) is 4.79 Å². The summed E-state index contributed by atoms with van der Waals surface area (Å²) in [6.07, 6.45) is 2.84.